The molecular formula is C13H22N2O4S2. The molecule has 8 heteroatoms. The van der Waals surface area contributed by atoms with E-state index in [0.717, 1.165) is 19.3 Å². The average Bonchev–Trinajstić information content (AvgIpc) is 2.92. The average molecular weight is 334 g/mol. The van der Waals surface area contributed by atoms with E-state index < -0.39 is 17.9 Å². The van der Waals surface area contributed by atoms with Gasteiger partial charge in [0.15, 0.2) is 0 Å². The molecule has 0 bridgehead atoms. The first-order valence-corrected chi connectivity index (χ1v) is 9.46. The second kappa shape index (κ2) is 9.94. The maximum Gasteiger partial charge on any atom is 0.326 e. The minimum absolute atomic E-state index is 0.0341. The van der Waals surface area contributed by atoms with Gasteiger partial charge in [-0.2, -0.15) is 0 Å². The number of unbranched alkanes of at least 4 members (excludes halogenated alkanes) is 1. The van der Waals surface area contributed by atoms with Crippen LogP contribution in [0.2, 0.25) is 0 Å². The third-order valence-electron chi connectivity index (χ3n) is 3.22. The lowest BCUT2D eigenvalue weighted by Crippen LogP contribution is -2.41. The Morgan fingerprint density at radius 3 is 2.62 bits per heavy atom. The molecule has 2 amide bonds. The van der Waals surface area contributed by atoms with Crippen molar-refractivity contribution in [1.29, 1.82) is 0 Å². The molecule has 0 radical (unpaired) electrons. The van der Waals surface area contributed by atoms with Crippen LogP contribution < -0.4 is 11.1 Å². The first-order chi connectivity index (χ1) is 9.99. The summed E-state index contributed by atoms with van der Waals surface area (Å²) < 4.78 is 0. The Balaban J connectivity index is 2.16. The van der Waals surface area contributed by atoms with E-state index >= 15 is 0 Å². The van der Waals surface area contributed by atoms with Crippen LogP contribution in [-0.4, -0.2) is 39.9 Å². The molecule has 1 aliphatic heterocycles. The van der Waals surface area contributed by atoms with Gasteiger partial charge in [-0.3, -0.25) is 9.59 Å². The first kappa shape index (κ1) is 18.2. The summed E-state index contributed by atoms with van der Waals surface area (Å²) >= 11 is 0. The Labute approximate surface area is 132 Å². The zero-order chi connectivity index (χ0) is 15.7. The highest BCUT2D eigenvalue weighted by atomic mass is 33.1. The SMILES string of the molecule is NC(=O)CCC(NC(=O)CCCCC1CCSS1)C(=O)O. The van der Waals surface area contributed by atoms with Gasteiger partial charge in [-0.15, -0.1) is 0 Å². The molecule has 0 aromatic rings. The van der Waals surface area contributed by atoms with E-state index in [-0.39, 0.29) is 18.7 Å². The molecule has 0 spiro atoms. The second-order valence-electron chi connectivity index (χ2n) is 5.04. The van der Waals surface area contributed by atoms with E-state index in [1.807, 2.05) is 21.6 Å². The van der Waals surface area contributed by atoms with E-state index in [0.29, 0.717) is 11.7 Å². The van der Waals surface area contributed by atoms with E-state index in [1.54, 1.807) is 0 Å². The largest absolute Gasteiger partial charge is 0.480 e. The van der Waals surface area contributed by atoms with Crippen molar-refractivity contribution in [2.75, 3.05) is 5.75 Å². The number of aliphatic carboxylic acids is 1. The topological polar surface area (TPSA) is 109 Å². The smallest absolute Gasteiger partial charge is 0.326 e. The van der Waals surface area contributed by atoms with Gasteiger partial charge in [0.2, 0.25) is 11.8 Å². The van der Waals surface area contributed by atoms with E-state index in [9.17, 15) is 14.4 Å². The number of nitrogens with one attached hydrogen (secondary N) is 1. The van der Waals surface area contributed by atoms with Crippen molar-refractivity contribution < 1.29 is 19.5 Å². The van der Waals surface area contributed by atoms with Gasteiger partial charge in [-0.1, -0.05) is 28.0 Å². The number of hydrogen-bond donors (Lipinski definition) is 3. The molecule has 1 saturated heterocycles. The van der Waals surface area contributed by atoms with Crippen molar-refractivity contribution in [3.63, 3.8) is 0 Å². The molecule has 0 aromatic carbocycles. The van der Waals surface area contributed by atoms with Crippen LogP contribution in [0, 0.1) is 0 Å². The summed E-state index contributed by atoms with van der Waals surface area (Å²) in [6, 6.07) is -1.04. The summed E-state index contributed by atoms with van der Waals surface area (Å²) in [4.78, 5) is 33.3. The maximum atomic E-state index is 11.7. The predicted molar refractivity (Wildman–Crippen MR) is 84.9 cm³/mol. The van der Waals surface area contributed by atoms with Crippen LogP contribution in [0.25, 0.3) is 0 Å². The van der Waals surface area contributed by atoms with Crippen molar-refractivity contribution in [2.45, 2.75) is 56.2 Å². The highest BCUT2D eigenvalue weighted by molar-refractivity contribution is 8.77. The Kier molecular flexibility index (Phi) is 8.60. The van der Waals surface area contributed by atoms with Crippen molar-refractivity contribution in [2.24, 2.45) is 5.73 Å². The molecule has 6 nitrogen and oxygen atoms in total. The van der Waals surface area contributed by atoms with Gasteiger partial charge >= 0.3 is 5.97 Å². The molecular weight excluding hydrogens is 312 g/mol. The minimum Gasteiger partial charge on any atom is -0.480 e. The van der Waals surface area contributed by atoms with Crippen LogP contribution in [0.4, 0.5) is 0 Å². The molecule has 4 N–H and O–H groups in total. The number of carboxylic acids is 1. The molecule has 1 heterocycles. The van der Waals surface area contributed by atoms with Gasteiger partial charge in [-0.25, -0.2) is 4.79 Å². The zero-order valence-electron chi connectivity index (χ0n) is 11.9. The first-order valence-electron chi connectivity index (χ1n) is 7.07. The molecule has 120 valence electrons. The maximum absolute atomic E-state index is 11.7. The summed E-state index contributed by atoms with van der Waals surface area (Å²) in [5.74, 6) is -0.776. The molecule has 1 fully saturated rings. The Morgan fingerprint density at radius 1 is 1.29 bits per heavy atom. The Hall–Kier alpha value is -0.890. The molecule has 0 aromatic heterocycles. The Bertz CT molecular complexity index is 373. The fourth-order valence-electron chi connectivity index (χ4n) is 2.03. The van der Waals surface area contributed by atoms with E-state index in [4.69, 9.17) is 10.8 Å². The summed E-state index contributed by atoms with van der Waals surface area (Å²) in [5.41, 5.74) is 4.98. The fourth-order valence-corrected chi connectivity index (χ4v) is 5.06. The number of nitrogens with two attached hydrogens (primary N) is 1. The number of carboxylic acid groups (broad SMARTS) is 1. The summed E-state index contributed by atoms with van der Waals surface area (Å²) in [5, 5.41) is 12.1. The van der Waals surface area contributed by atoms with Gasteiger partial charge in [0.05, 0.1) is 0 Å². The molecule has 21 heavy (non-hydrogen) atoms. The van der Waals surface area contributed by atoms with Gasteiger partial charge in [-0.05, 0) is 25.7 Å². The van der Waals surface area contributed by atoms with E-state index in [1.165, 1.54) is 12.2 Å². The molecule has 0 aliphatic carbocycles. The summed E-state index contributed by atoms with van der Waals surface area (Å²) in [6.07, 6.45) is 4.39. The van der Waals surface area contributed by atoms with Gasteiger partial charge in [0, 0.05) is 23.8 Å². The third kappa shape index (κ3) is 8.21. The third-order valence-corrected chi connectivity index (χ3v) is 6.23. The van der Waals surface area contributed by atoms with Crippen LogP contribution >= 0.6 is 21.6 Å². The predicted octanol–water partition coefficient (Wildman–Crippen LogP) is 1.54. The minimum atomic E-state index is -1.14. The number of hydrogen-bond acceptors (Lipinski definition) is 5. The molecule has 1 rings (SSSR count). The van der Waals surface area contributed by atoms with E-state index in [2.05, 4.69) is 5.32 Å². The van der Waals surface area contributed by atoms with Crippen molar-refractivity contribution in [3.05, 3.63) is 0 Å². The molecule has 2 atom stereocenters. The van der Waals surface area contributed by atoms with Crippen LogP contribution in [0.3, 0.4) is 0 Å². The van der Waals surface area contributed by atoms with Gasteiger partial charge in [0.1, 0.15) is 6.04 Å². The molecule has 0 saturated carbocycles. The van der Waals surface area contributed by atoms with Gasteiger partial charge in [0.25, 0.3) is 0 Å². The van der Waals surface area contributed by atoms with Crippen LogP contribution in [0.1, 0.15) is 44.9 Å². The normalized spacial score (nSPS) is 19.1. The highest BCUT2D eigenvalue weighted by Gasteiger charge is 2.20. The van der Waals surface area contributed by atoms with Crippen molar-refractivity contribution >= 4 is 39.4 Å². The van der Waals surface area contributed by atoms with Crippen LogP contribution in [-0.2, 0) is 14.4 Å². The highest BCUT2D eigenvalue weighted by Crippen LogP contribution is 2.39. The fraction of sp³-hybridized carbons (Fsp3) is 0.769. The standard InChI is InChI=1S/C13H22N2O4S2/c14-11(16)6-5-10(13(18)19)15-12(17)4-2-1-3-9-7-8-20-21-9/h9-10H,1-8H2,(H2,14,16)(H,15,17)(H,18,19). The lowest BCUT2D eigenvalue weighted by molar-refractivity contribution is -0.142. The lowest BCUT2D eigenvalue weighted by atomic mass is 10.1. The number of rotatable bonds is 10. The van der Waals surface area contributed by atoms with Crippen molar-refractivity contribution in [1.82, 2.24) is 5.32 Å². The monoisotopic (exact) mass is 334 g/mol. The molecule has 2 unspecified atom stereocenters. The number of carbonyl (C=O) groups is 3. The summed E-state index contributed by atoms with van der Waals surface area (Å²) in [6.45, 7) is 0. The zero-order valence-corrected chi connectivity index (χ0v) is 13.5. The lowest BCUT2D eigenvalue weighted by Gasteiger charge is -2.13. The van der Waals surface area contributed by atoms with Crippen LogP contribution in [0.15, 0.2) is 0 Å². The summed E-state index contributed by atoms with van der Waals surface area (Å²) in [7, 11) is 3.82. The second-order valence-corrected chi connectivity index (χ2v) is 7.83. The number of amides is 2. The molecule has 1 aliphatic rings. The Morgan fingerprint density at radius 2 is 2.05 bits per heavy atom. The van der Waals surface area contributed by atoms with Crippen LogP contribution in [0.5, 0.6) is 0 Å². The van der Waals surface area contributed by atoms with Crippen molar-refractivity contribution in [3.8, 4) is 0 Å². The quantitative estimate of drug-likeness (QED) is 0.413. The number of primary amides is 1. The van der Waals surface area contributed by atoms with Gasteiger partial charge < -0.3 is 16.2 Å². The number of carbonyl (C=O) groups excluding carboxylic acids is 2.